The number of benzene rings is 1. The predicted octanol–water partition coefficient (Wildman–Crippen LogP) is 2.86. The van der Waals surface area contributed by atoms with Gasteiger partial charge in [0, 0.05) is 31.9 Å². The molecule has 1 aliphatic heterocycles. The normalized spacial score (nSPS) is 16.9. The Hall–Kier alpha value is -1.22. The number of piperazine rings is 1. The van der Waals surface area contributed by atoms with Crippen LogP contribution in [-0.2, 0) is 0 Å². The van der Waals surface area contributed by atoms with Crippen molar-refractivity contribution in [1.82, 2.24) is 4.90 Å². The van der Waals surface area contributed by atoms with Crippen LogP contribution in [0.1, 0.15) is 20.3 Å². The van der Waals surface area contributed by atoms with E-state index in [1.54, 1.807) is 7.11 Å². The summed E-state index contributed by atoms with van der Waals surface area (Å²) in [4.78, 5) is 5.05. The average molecular weight is 262 g/mol. The topological polar surface area (TPSA) is 15.7 Å². The van der Waals surface area contributed by atoms with Gasteiger partial charge >= 0.3 is 0 Å². The third kappa shape index (κ3) is 4.13. The van der Waals surface area contributed by atoms with Crippen molar-refractivity contribution in [2.24, 2.45) is 5.92 Å². The van der Waals surface area contributed by atoms with E-state index in [0.717, 1.165) is 24.8 Å². The first-order valence-electron chi connectivity index (χ1n) is 7.30. The maximum absolute atomic E-state index is 5.20. The molecule has 106 valence electrons. The Kier molecular flexibility index (Phi) is 5.08. The lowest BCUT2D eigenvalue weighted by Crippen LogP contribution is -2.46. The maximum Gasteiger partial charge on any atom is 0.119 e. The van der Waals surface area contributed by atoms with Crippen LogP contribution < -0.4 is 9.64 Å². The first kappa shape index (κ1) is 14.2. The number of ether oxygens (including phenoxy) is 1. The summed E-state index contributed by atoms with van der Waals surface area (Å²) < 4.78 is 5.20. The van der Waals surface area contributed by atoms with Crippen LogP contribution in [0, 0.1) is 5.92 Å². The molecular formula is C16H26N2O. The van der Waals surface area contributed by atoms with E-state index in [-0.39, 0.29) is 0 Å². The molecule has 1 heterocycles. The molecule has 0 saturated carbocycles. The Labute approximate surface area is 117 Å². The summed E-state index contributed by atoms with van der Waals surface area (Å²) in [5.41, 5.74) is 1.31. The molecule has 1 aromatic rings. The highest BCUT2D eigenvalue weighted by Crippen LogP contribution is 2.20. The third-order valence-corrected chi connectivity index (χ3v) is 3.83. The molecule has 0 atom stereocenters. The van der Waals surface area contributed by atoms with Gasteiger partial charge in [-0.2, -0.15) is 0 Å². The molecule has 0 bridgehead atoms. The quantitative estimate of drug-likeness (QED) is 0.811. The summed E-state index contributed by atoms with van der Waals surface area (Å²) >= 11 is 0. The zero-order valence-electron chi connectivity index (χ0n) is 12.4. The minimum absolute atomic E-state index is 0.805. The van der Waals surface area contributed by atoms with Gasteiger partial charge in [0.25, 0.3) is 0 Å². The van der Waals surface area contributed by atoms with Crippen molar-refractivity contribution in [3.8, 4) is 5.75 Å². The van der Waals surface area contributed by atoms with Crippen molar-refractivity contribution >= 4 is 5.69 Å². The highest BCUT2D eigenvalue weighted by Gasteiger charge is 2.16. The smallest absolute Gasteiger partial charge is 0.119 e. The van der Waals surface area contributed by atoms with Crippen LogP contribution in [0.15, 0.2) is 24.3 Å². The zero-order chi connectivity index (χ0) is 13.7. The molecule has 1 saturated heterocycles. The molecule has 0 aliphatic carbocycles. The average Bonchev–Trinajstić information content (AvgIpc) is 2.46. The van der Waals surface area contributed by atoms with Gasteiger partial charge in [-0.15, -0.1) is 0 Å². The van der Waals surface area contributed by atoms with E-state index in [9.17, 15) is 0 Å². The Morgan fingerprint density at radius 3 is 2.21 bits per heavy atom. The van der Waals surface area contributed by atoms with Crippen LogP contribution in [0.4, 0.5) is 5.69 Å². The number of rotatable bonds is 5. The Morgan fingerprint density at radius 2 is 1.68 bits per heavy atom. The molecule has 19 heavy (non-hydrogen) atoms. The molecule has 0 aromatic heterocycles. The summed E-state index contributed by atoms with van der Waals surface area (Å²) in [6.07, 6.45) is 1.31. The first-order chi connectivity index (χ1) is 9.19. The van der Waals surface area contributed by atoms with Crippen molar-refractivity contribution in [2.45, 2.75) is 20.3 Å². The lowest BCUT2D eigenvalue weighted by molar-refractivity contribution is 0.243. The number of methoxy groups -OCH3 is 1. The molecule has 0 amide bonds. The highest BCUT2D eigenvalue weighted by atomic mass is 16.5. The lowest BCUT2D eigenvalue weighted by atomic mass is 10.1. The zero-order valence-corrected chi connectivity index (χ0v) is 12.4. The Balaban J connectivity index is 1.81. The van der Waals surface area contributed by atoms with Crippen molar-refractivity contribution in [3.05, 3.63) is 24.3 Å². The Bertz CT molecular complexity index is 367. The molecule has 1 aliphatic rings. The fourth-order valence-electron chi connectivity index (χ4n) is 2.46. The fraction of sp³-hybridized carbons (Fsp3) is 0.625. The van der Waals surface area contributed by atoms with E-state index in [1.165, 1.54) is 31.7 Å². The van der Waals surface area contributed by atoms with Gasteiger partial charge in [0.15, 0.2) is 0 Å². The number of anilines is 1. The first-order valence-corrected chi connectivity index (χ1v) is 7.30. The van der Waals surface area contributed by atoms with Crippen LogP contribution in [0.2, 0.25) is 0 Å². The van der Waals surface area contributed by atoms with Gasteiger partial charge in [-0.1, -0.05) is 13.8 Å². The van der Waals surface area contributed by atoms with E-state index < -0.39 is 0 Å². The van der Waals surface area contributed by atoms with E-state index >= 15 is 0 Å². The second-order valence-electron chi connectivity index (χ2n) is 5.71. The second kappa shape index (κ2) is 6.80. The van der Waals surface area contributed by atoms with Crippen LogP contribution in [0.25, 0.3) is 0 Å². The standard InChI is InChI=1S/C16H26N2O/c1-14(2)8-9-17-10-12-18(13-11-17)15-4-6-16(19-3)7-5-15/h4-7,14H,8-13H2,1-3H3. The van der Waals surface area contributed by atoms with Crippen LogP contribution in [0.5, 0.6) is 5.75 Å². The summed E-state index contributed by atoms with van der Waals surface area (Å²) in [5.74, 6) is 1.74. The summed E-state index contributed by atoms with van der Waals surface area (Å²) in [6, 6.07) is 8.40. The lowest BCUT2D eigenvalue weighted by Gasteiger charge is -2.36. The van der Waals surface area contributed by atoms with Gasteiger partial charge in [-0.25, -0.2) is 0 Å². The SMILES string of the molecule is COc1ccc(N2CCN(CCC(C)C)CC2)cc1. The molecular weight excluding hydrogens is 236 g/mol. The molecule has 2 rings (SSSR count). The number of hydrogen-bond donors (Lipinski definition) is 0. The molecule has 0 unspecified atom stereocenters. The van der Waals surface area contributed by atoms with Crippen molar-refractivity contribution in [3.63, 3.8) is 0 Å². The minimum atomic E-state index is 0.805. The van der Waals surface area contributed by atoms with Gasteiger partial charge in [0.05, 0.1) is 7.11 Å². The summed E-state index contributed by atoms with van der Waals surface area (Å²) in [7, 11) is 1.71. The number of hydrogen-bond acceptors (Lipinski definition) is 3. The molecule has 3 nitrogen and oxygen atoms in total. The fourth-order valence-corrected chi connectivity index (χ4v) is 2.46. The van der Waals surface area contributed by atoms with Gasteiger partial charge in [-0.3, -0.25) is 4.90 Å². The summed E-state index contributed by atoms with van der Waals surface area (Å²) in [5, 5.41) is 0. The second-order valence-corrected chi connectivity index (χ2v) is 5.71. The van der Waals surface area contributed by atoms with E-state index in [2.05, 4.69) is 35.8 Å². The van der Waals surface area contributed by atoms with Gasteiger partial charge < -0.3 is 9.64 Å². The van der Waals surface area contributed by atoms with Gasteiger partial charge in [0.1, 0.15) is 5.75 Å². The maximum atomic E-state index is 5.20. The van der Waals surface area contributed by atoms with Gasteiger partial charge in [-0.05, 0) is 43.1 Å². The molecule has 1 fully saturated rings. The number of nitrogens with zero attached hydrogens (tertiary/aromatic N) is 2. The third-order valence-electron chi connectivity index (χ3n) is 3.83. The van der Waals surface area contributed by atoms with E-state index in [0.29, 0.717) is 0 Å². The van der Waals surface area contributed by atoms with E-state index in [4.69, 9.17) is 4.74 Å². The largest absolute Gasteiger partial charge is 0.497 e. The predicted molar refractivity (Wildman–Crippen MR) is 81.1 cm³/mol. The van der Waals surface area contributed by atoms with Crippen molar-refractivity contribution < 1.29 is 4.74 Å². The minimum Gasteiger partial charge on any atom is -0.497 e. The van der Waals surface area contributed by atoms with Gasteiger partial charge in [0.2, 0.25) is 0 Å². The van der Waals surface area contributed by atoms with Crippen LogP contribution in [0.3, 0.4) is 0 Å². The molecule has 0 N–H and O–H groups in total. The highest BCUT2D eigenvalue weighted by molar-refractivity contribution is 5.49. The summed E-state index contributed by atoms with van der Waals surface area (Å²) in [6.45, 7) is 10.5. The van der Waals surface area contributed by atoms with E-state index in [1.807, 2.05) is 12.1 Å². The van der Waals surface area contributed by atoms with Crippen molar-refractivity contribution in [1.29, 1.82) is 0 Å². The monoisotopic (exact) mass is 262 g/mol. The molecule has 0 spiro atoms. The van der Waals surface area contributed by atoms with Crippen LogP contribution in [-0.4, -0.2) is 44.7 Å². The molecule has 1 aromatic carbocycles. The van der Waals surface area contributed by atoms with Crippen LogP contribution >= 0.6 is 0 Å². The molecule has 0 radical (unpaired) electrons. The Morgan fingerprint density at radius 1 is 1.05 bits per heavy atom. The van der Waals surface area contributed by atoms with Crippen molar-refractivity contribution in [2.75, 3.05) is 44.7 Å². The molecule has 3 heteroatoms.